The van der Waals surface area contributed by atoms with Crippen LogP contribution in [0.5, 0.6) is 0 Å². The van der Waals surface area contributed by atoms with Gasteiger partial charge in [0.05, 0.1) is 20.1 Å². The average Bonchev–Trinajstić information content (AvgIpc) is 2.81. The Balaban J connectivity index is 2.42. The van der Waals surface area contributed by atoms with E-state index in [1.165, 1.54) is 31.5 Å². The maximum Gasteiger partial charge on any atom is 0.416 e. The smallest absolute Gasteiger partial charge is 0.416 e. The fraction of sp³-hybridized carbons (Fsp3) is 0.615. The van der Waals surface area contributed by atoms with Crippen LogP contribution in [0.4, 0.5) is 9.59 Å². The summed E-state index contributed by atoms with van der Waals surface area (Å²) in [5.74, 6) is -1.07. The van der Waals surface area contributed by atoms with Gasteiger partial charge in [0.15, 0.2) is 0 Å². The second-order valence-corrected chi connectivity index (χ2v) is 5.14. The number of fused-ring (bicyclic) bond motifs is 1. The third kappa shape index (κ3) is 2.41. The first kappa shape index (κ1) is 15.1. The summed E-state index contributed by atoms with van der Waals surface area (Å²) in [6, 6.07) is -0.644. The van der Waals surface area contributed by atoms with Crippen molar-refractivity contribution in [2.75, 3.05) is 14.2 Å². The zero-order valence-electron chi connectivity index (χ0n) is 12.3. The minimum atomic E-state index is -0.915. The van der Waals surface area contributed by atoms with E-state index in [-0.39, 0.29) is 5.92 Å². The lowest BCUT2D eigenvalue weighted by molar-refractivity contribution is -0.149. The van der Waals surface area contributed by atoms with Crippen LogP contribution in [-0.4, -0.2) is 54.4 Å². The van der Waals surface area contributed by atoms with E-state index in [0.717, 1.165) is 4.90 Å². The monoisotopic (exact) mass is 298 g/mol. The maximum absolute atomic E-state index is 12.1. The molecule has 8 heteroatoms. The molecule has 2 rings (SSSR count). The van der Waals surface area contributed by atoms with E-state index in [2.05, 4.69) is 4.74 Å². The number of carbonyl (C=O) groups excluding carboxylic acids is 3. The zero-order valence-corrected chi connectivity index (χ0v) is 12.3. The molecule has 0 saturated carbocycles. The molecule has 21 heavy (non-hydrogen) atoms. The number of carbonyl (C=O) groups is 3. The number of methoxy groups -OCH3 is 2. The molecule has 2 heterocycles. The average molecular weight is 298 g/mol. The van der Waals surface area contributed by atoms with E-state index in [1.807, 2.05) is 13.8 Å². The Kier molecular flexibility index (Phi) is 4.06. The van der Waals surface area contributed by atoms with Crippen molar-refractivity contribution in [1.82, 2.24) is 9.80 Å². The Hall–Kier alpha value is -2.25. The summed E-state index contributed by atoms with van der Waals surface area (Å²) >= 11 is 0. The molecule has 0 aromatic rings. The van der Waals surface area contributed by atoms with Gasteiger partial charge in [0.1, 0.15) is 6.04 Å². The van der Waals surface area contributed by atoms with E-state index < -0.39 is 36.3 Å². The Bertz CT molecular complexity index is 489. The molecule has 2 amide bonds. The summed E-state index contributed by atoms with van der Waals surface area (Å²) in [5.41, 5.74) is 0. The van der Waals surface area contributed by atoms with E-state index in [9.17, 15) is 14.4 Å². The van der Waals surface area contributed by atoms with Crippen LogP contribution in [0.3, 0.4) is 0 Å². The highest BCUT2D eigenvalue weighted by Crippen LogP contribution is 2.37. The fourth-order valence-corrected chi connectivity index (χ4v) is 2.67. The van der Waals surface area contributed by atoms with Gasteiger partial charge in [-0.3, -0.25) is 9.69 Å². The van der Waals surface area contributed by atoms with Gasteiger partial charge in [0.25, 0.3) is 0 Å². The minimum absolute atomic E-state index is 0.0642. The molecule has 0 bridgehead atoms. The van der Waals surface area contributed by atoms with Crippen LogP contribution in [0, 0.1) is 11.8 Å². The van der Waals surface area contributed by atoms with Crippen molar-refractivity contribution in [3.63, 3.8) is 0 Å². The standard InChI is InChI=1S/C13H18N2O6/c1-7(2)8-9-10(21-11(8)16)15(13(18)20-4)6-5-14(9)12(17)19-3/h5-10H,1-4H3/t8-,9+,10-/m1/s1. The Morgan fingerprint density at radius 1 is 1.14 bits per heavy atom. The zero-order chi connectivity index (χ0) is 15.7. The molecular weight excluding hydrogens is 280 g/mol. The summed E-state index contributed by atoms with van der Waals surface area (Å²) in [5, 5.41) is 0. The molecule has 0 aliphatic carbocycles. The number of hydrogen-bond acceptors (Lipinski definition) is 6. The van der Waals surface area contributed by atoms with Crippen molar-refractivity contribution in [2.24, 2.45) is 11.8 Å². The maximum atomic E-state index is 12.1. The number of amides is 2. The first-order chi connectivity index (χ1) is 9.92. The molecule has 0 aromatic heterocycles. The topological polar surface area (TPSA) is 85.4 Å². The van der Waals surface area contributed by atoms with Gasteiger partial charge in [-0.05, 0) is 5.92 Å². The lowest BCUT2D eigenvalue weighted by atomic mass is 9.88. The second kappa shape index (κ2) is 5.63. The third-order valence-corrected chi connectivity index (χ3v) is 3.64. The second-order valence-electron chi connectivity index (χ2n) is 5.14. The van der Waals surface area contributed by atoms with Crippen LogP contribution in [0.2, 0.25) is 0 Å². The molecule has 0 N–H and O–H groups in total. The van der Waals surface area contributed by atoms with Gasteiger partial charge in [0.2, 0.25) is 6.23 Å². The van der Waals surface area contributed by atoms with Crippen LogP contribution >= 0.6 is 0 Å². The summed E-state index contributed by atoms with van der Waals surface area (Å²) in [7, 11) is 2.48. The van der Waals surface area contributed by atoms with E-state index in [4.69, 9.17) is 9.47 Å². The van der Waals surface area contributed by atoms with Gasteiger partial charge in [0, 0.05) is 12.4 Å². The quantitative estimate of drug-likeness (QED) is 0.533. The van der Waals surface area contributed by atoms with E-state index in [0.29, 0.717) is 0 Å². The minimum Gasteiger partial charge on any atom is -0.452 e. The van der Waals surface area contributed by atoms with Crippen molar-refractivity contribution < 1.29 is 28.6 Å². The fourth-order valence-electron chi connectivity index (χ4n) is 2.67. The Morgan fingerprint density at radius 2 is 1.67 bits per heavy atom. The third-order valence-electron chi connectivity index (χ3n) is 3.64. The van der Waals surface area contributed by atoms with Gasteiger partial charge >= 0.3 is 18.2 Å². The number of ether oxygens (including phenoxy) is 3. The number of nitrogens with zero attached hydrogens (tertiary/aromatic N) is 2. The van der Waals surface area contributed by atoms with Gasteiger partial charge in [-0.1, -0.05) is 13.8 Å². The molecule has 2 aliphatic rings. The van der Waals surface area contributed by atoms with Crippen LogP contribution < -0.4 is 0 Å². The van der Waals surface area contributed by atoms with Gasteiger partial charge in [-0.25, -0.2) is 14.5 Å². The Labute approximate surface area is 122 Å². The molecule has 0 spiro atoms. The van der Waals surface area contributed by atoms with Crippen molar-refractivity contribution in [2.45, 2.75) is 26.1 Å². The summed E-state index contributed by atoms with van der Waals surface area (Å²) in [6.45, 7) is 3.70. The SMILES string of the molecule is COC(=O)N1C=CN(C(=O)OC)[C@@H]2OC(=O)[C@H](C(C)C)[C@@H]21. The van der Waals surface area contributed by atoms with E-state index in [1.54, 1.807) is 0 Å². The van der Waals surface area contributed by atoms with Crippen LogP contribution in [0.1, 0.15) is 13.8 Å². The van der Waals surface area contributed by atoms with Crippen molar-refractivity contribution in [3.05, 3.63) is 12.4 Å². The number of hydrogen-bond donors (Lipinski definition) is 0. The lowest BCUT2D eigenvalue weighted by Gasteiger charge is -2.38. The van der Waals surface area contributed by atoms with Crippen molar-refractivity contribution in [3.8, 4) is 0 Å². The Morgan fingerprint density at radius 3 is 2.19 bits per heavy atom. The predicted molar refractivity (Wildman–Crippen MR) is 69.6 cm³/mol. The molecule has 116 valence electrons. The first-order valence-corrected chi connectivity index (χ1v) is 6.53. The molecule has 2 aliphatic heterocycles. The molecule has 0 aromatic carbocycles. The predicted octanol–water partition coefficient (Wildman–Crippen LogP) is 1.13. The summed E-state index contributed by atoms with van der Waals surface area (Å²) in [4.78, 5) is 38.2. The summed E-state index contributed by atoms with van der Waals surface area (Å²) < 4.78 is 14.7. The molecule has 1 saturated heterocycles. The van der Waals surface area contributed by atoms with Crippen molar-refractivity contribution >= 4 is 18.2 Å². The molecule has 1 fully saturated rings. The molecule has 3 atom stereocenters. The molecule has 8 nitrogen and oxygen atoms in total. The van der Waals surface area contributed by atoms with Crippen molar-refractivity contribution in [1.29, 1.82) is 0 Å². The van der Waals surface area contributed by atoms with Gasteiger partial charge in [-0.15, -0.1) is 0 Å². The highest BCUT2D eigenvalue weighted by molar-refractivity contribution is 5.81. The van der Waals surface area contributed by atoms with Gasteiger partial charge < -0.3 is 14.2 Å². The molecule has 0 radical (unpaired) electrons. The highest BCUT2D eigenvalue weighted by Gasteiger charge is 2.55. The molecule has 0 unspecified atom stereocenters. The normalized spacial score (nSPS) is 27.5. The van der Waals surface area contributed by atoms with Crippen LogP contribution in [0.15, 0.2) is 12.4 Å². The number of rotatable bonds is 1. The number of esters is 1. The molecular formula is C13H18N2O6. The lowest BCUT2D eigenvalue weighted by Crippen LogP contribution is -2.55. The van der Waals surface area contributed by atoms with Gasteiger partial charge in [-0.2, -0.15) is 0 Å². The largest absolute Gasteiger partial charge is 0.452 e. The highest BCUT2D eigenvalue weighted by atomic mass is 16.6. The van der Waals surface area contributed by atoms with Crippen LogP contribution in [0.25, 0.3) is 0 Å². The summed E-state index contributed by atoms with van der Waals surface area (Å²) in [6.07, 6.45) is 0.528. The van der Waals surface area contributed by atoms with Crippen LogP contribution in [-0.2, 0) is 19.0 Å². The first-order valence-electron chi connectivity index (χ1n) is 6.53. The van der Waals surface area contributed by atoms with E-state index >= 15 is 0 Å².